The summed E-state index contributed by atoms with van der Waals surface area (Å²) in [6.45, 7) is 10.3. The molecule has 0 bridgehead atoms. The lowest BCUT2D eigenvalue weighted by Crippen LogP contribution is -2.32. The molecule has 0 aliphatic heterocycles. The van der Waals surface area contributed by atoms with Crippen molar-refractivity contribution in [2.24, 2.45) is 0 Å². The Morgan fingerprint density at radius 1 is 1.29 bits per heavy atom. The second kappa shape index (κ2) is 8.25. The summed E-state index contributed by atoms with van der Waals surface area (Å²) >= 11 is 0. The van der Waals surface area contributed by atoms with Gasteiger partial charge in [-0.2, -0.15) is 0 Å². The van der Waals surface area contributed by atoms with Gasteiger partial charge in [-0.05, 0) is 12.5 Å². The van der Waals surface area contributed by atoms with Crippen LogP contribution in [0.3, 0.4) is 0 Å². The number of hydrogen-bond acceptors (Lipinski definition) is 1. The van der Waals surface area contributed by atoms with Crippen molar-refractivity contribution in [3.63, 3.8) is 0 Å². The van der Waals surface area contributed by atoms with Crippen LogP contribution in [0.2, 0.25) is 0 Å². The molecule has 1 aromatic heterocycles. The Hall–Kier alpha value is -1.36. The minimum Gasteiger partial charge on any atom is -0.512 e. The summed E-state index contributed by atoms with van der Waals surface area (Å²) in [5.74, 6) is 0. The van der Waals surface area contributed by atoms with E-state index in [1.54, 1.807) is 0 Å². The molecule has 14 heavy (non-hydrogen) atoms. The third-order valence-electron chi connectivity index (χ3n) is 1.94. The van der Waals surface area contributed by atoms with E-state index in [2.05, 4.69) is 42.9 Å². The van der Waals surface area contributed by atoms with Crippen LogP contribution in [0.25, 0.3) is 0 Å². The normalized spacial score (nSPS) is 8.86. The van der Waals surface area contributed by atoms with E-state index in [0.29, 0.717) is 0 Å². The van der Waals surface area contributed by atoms with Gasteiger partial charge in [-0.25, -0.2) is 4.57 Å². The zero-order chi connectivity index (χ0) is 10.8. The van der Waals surface area contributed by atoms with Crippen LogP contribution >= 0.6 is 0 Å². The first-order valence-electron chi connectivity index (χ1n) is 5.07. The molecule has 0 radical (unpaired) electrons. The van der Waals surface area contributed by atoms with Crippen molar-refractivity contribution in [2.75, 3.05) is 0 Å². The molecule has 0 atom stereocenters. The maximum Gasteiger partial charge on any atom is 0.171 e. The van der Waals surface area contributed by atoms with Crippen LogP contribution in [-0.4, -0.2) is 0 Å². The summed E-state index contributed by atoms with van der Waals surface area (Å²) in [5.41, 5.74) is 1.45. The van der Waals surface area contributed by atoms with Gasteiger partial charge >= 0.3 is 0 Å². The molecule has 0 aromatic carbocycles. The molecule has 0 amide bonds. The number of aromatic nitrogens is 1. The standard InChI is InChI=1S/C11H18N.CN/c1-3-6-11-7-5-9-12(10-11)8-4-2;1-2/h5,7,9-10H,3-4,6,8H2,1-2H3;/q+1;-1. The Kier molecular flexibility index (Phi) is 7.45. The molecule has 1 rings (SSSR count). The molecule has 0 saturated heterocycles. The highest BCUT2D eigenvalue weighted by Crippen LogP contribution is 1.98. The molecule has 1 heterocycles. The van der Waals surface area contributed by atoms with E-state index < -0.39 is 0 Å². The number of nitrogens with zero attached hydrogens (tertiary/aromatic N) is 2. The van der Waals surface area contributed by atoms with Gasteiger partial charge in [0.2, 0.25) is 0 Å². The Morgan fingerprint density at radius 2 is 2.00 bits per heavy atom. The lowest BCUT2D eigenvalue weighted by atomic mass is 10.2. The Balaban J connectivity index is 0.000000791. The fraction of sp³-hybridized carbons (Fsp3) is 0.500. The summed E-state index contributed by atoms with van der Waals surface area (Å²) in [5, 5.41) is 6.25. The van der Waals surface area contributed by atoms with E-state index in [-0.39, 0.29) is 0 Å². The van der Waals surface area contributed by atoms with Crippen molar-refractivity contribution >= 4 is 0 Å². The number of aryl methyl sites for hydroxylation is 2. The first-order valence-corrected chi connectivity index (χ1v) is 5.07. The molecular formula is C12H18N2. The minimum absolute atomic E-state index is 1.14. The van der Waals surface area contributed by atoms with Crippen LogP contribution in [0.4, 0.5) is 0 Å². The molecule has 0 spiro atoms. The van der Waals surface area contributed by atoms with Crippen LogP contribution in [0.5, 0.6) is 0 Å². The number of rotatable bonds is 4. The second-order valence-electron chi connectivity index (χ2n) is 3.20. The molecule has 0 unspecified atom stereocenters. The lowest BCUT2D eigenvalue weighted by Gasteiger charge is -1.97. The summed E-state index contributed by atoms with van der Waals surface area (Å²) in [4.78, 5) is 0. The zero-order valence-corrected chi connectivity index (χ0v) is 9.03. The quantitative estimate of drug-likeness (QED) is 0.529. The van der Waals surface area contributed by atoms with Crippen molar-refractivity contribution in [3.8, 4) is 0 Å². The van der Waals surface area contributed by atoms with Crippen molar-refractivity contribution in [2.45, 2.75) is 39.7 Å². The lowest BCUT2D eigenvalue weighted by molar-refractivity contribution is -0.697. The first-order chi connectivity index (χ1) is 6.86. The van der Waals surface area contributed by atoms with Crippen molar-refractivity contribution in [3.05, 3.63) is 36.7 Å². The van der Waals surface area contributed by atoms with E-state index in [0.717, 1.165) is 6.54 Å². The van der Waals surface area contributed by atoms with Gasteiger partial charge in [0.05, 0.1) is 0 Å². The van der Waals surface area contributed by atoms with Crippen molar-refractivity contribution in [1.82, 2.24) is 0 Å². The van der Waals surface area contributed by atoms with Crippen LogP contribution in [0.15, 0.2) is 24.5 Å². The molecule has 0 N–H and O–H groups in total. The molecule has 0 aliphatic carbocycles. The molecule has 1 aromatic rings. The maximum absolute atomic E-state index is 6.25. The molecule has 0 saturated carbocycles. The van der Waals surface area contributed by atoms with Crippen LogP contribution in [0.1, 0.15) is 32.3 Å². The average Bonchev–Trinajstić information content (AvgIpc) is 2.22. The smallest absolute Gasteiger partial charge is 0.171 e. The van der Waals surface area contributed by atoms with E-state index in [1.165, 1.54) is 24.8 Å². The average molecular weight is 190 g/mol. The van der Waals surface area contributed by atoms with Crippen molar-refractivity contribution in [1.29, 1.82) is 5.26 Å². The largest absolute Gasteiger partial charge is 0.512 e. The maximum atomic E-state index is 6.25. The molecule has 76 valence electrons. The van der Waals surface area contributed by atoms with Crippen LogP contribution in [0, 0.1) is 11.8 Å². The van der Waals surface area contributed by atoms with Gasteiger partial charge < -0.3 is 11.8 Å². The third kappa shape index (κ3) is 4.61. The van der Waals surface area contributed by atoms with Gasteiger partial charge in [0.15, 0.2) is 12.4 Å². The number of pyridine rings is 1. The van der Waals surface area contributed by atoms with Gasteiger partial charge in [0.1, 0.15) is 6.54 Å². The third-order valence-corrected chi connectivity index (χ3v) is 1.94. The molecule has 2 heteroatoms. The summed E-state index contributed by atoms with van der Waals surface area (Å²) in [6.07, 6.45) is 8.04. The van der Waals surface area contributed by atoms with Gasteiger partial charge in [0.25, 0.3) is 0 Å². The monoisotopic (exact) mass is 190 g/mol. The highest BCUT2D eigenvalue weighted by molar-refractivity contribution is 5.04. The zero-order valence-electron chi connectivity index (χ0n) is 9.03. The van der Waals surface area contributed by atoms with E-state index >= 15 is 0 Å². The second-order valence-corrected chi connectivity index (χ2v) is 3.20. The van der Waals surface area contributed by atoms with E-state index in [9.17, 15) is 0 Å². The van der Waals surface area contributed by atoms with Crippen LogP contribution < -0.4 is 4.57 Å². The molecule has 0 aliphatic rings. The number of hydrogen-bond donors (Lipinski definition) is 0. The summed E-state index contributed by atoms with van der Waals surface area (Å²) in [7, 11) is 0. The van der Waals surface area contributed by atoms with Gasteiger partial charge in [-0.1, -0.05) is 20.3 Å². The molecule has 2 nitrogen and oxygen atoms in total. The molecular weight excluding hydrogens is 172 g/mol. The molecule has 0 fully saturated rings. The fourth-order valence-corrected chi connectivity index (χ4v) is 1.41. The highest BCUT2D eigenvalue weighted by atomic mass is 14.9. The Labute approximate surface area is 86.8 Å². The Bertz CT molecular complexity index is 245. The predicted octanol–water partition coefficient (Wildman–Crippen LogP) is 2.43. The summed E-state index contributed by atoms with van der Waals surface area (Å²) in [6, 6.07) is 4.34. The van der Waals surface area contributed by atoms with Crippen LogP contribution in [-0.2, 0) is 13.0 Å². The SMILES string of the molecule is CCCc1ccc[n+](CCC)c1.[C-]#N. The van der Waals surface area contributed by atoms with Gasteiger partial charge in [-0.3, -0.25) is 0 Å². The first kappa shape index (κ1) is 12.6. The van der Waals surface area contributed by atoms with E-state index in [4.69, 9.17) is 11.8 Å². The van der Waals surface area contributed by atoms with E-state index in [1.807, 2.05) is 0 Å². The topological polar surface area (TPSA) is 27.7 Å². The van der Waals surface area contributed by atoms with Crippen molar-refractivity contribution < 1.29 is 4.57 Å². The predicted molar refractivity (Wildman–Crippen MR) is 55.9 cm³/mol. The Morgan fingerprint density at radius 3 is 2.57 bits per heavy atom. The minimum atomic E-state index is 1.14. The van der Waals surface area contributed by atoms with Gasteiger partial charge in [-0.15, -0.1) is 0 Å². The highest BCUT2D eigenvalue weighted by Gasteiger charge is 1.99. The fourth-order valence-electron chi connectivity index (χ4n) is 1.41. The summed E-state index contributed by atoms with van der Waals surface area (Å²) < 4.78 is 2.27. The van der Waals surface area contributed by atoms with Gasteiger partial charge in [0, 0.05) is 18.1 Å².